The van der Waals surface area contributed by atoms with Crippen LogP contribution in [0, 0.1) is 37.4 Å². The molecule has 1 aromatic rings. The van der Waals surface area contributed by atoms with Crippen LogP contribution in [0.5, 0.6) is 0 Å². The zero-order valence-corrected chi connectivity index (χ0v) is 6.13. The van der Waals surface area contributed by atoms with E-state index in [1.807, 2.05) is 6.07 Å². The van der Waals surface area contributed by atoms with Crippen molar-refractivity contribution in [2.24, 2.45) is 0 Å². The fourth-order valence-electron chi connectivity index (χ4n) is 0.817. The van der Waals surface area contributed by atoms with Crippen LogP contribution >= 0.6 is 0 Å². The summed E-state index contributed by atoms with van der Waals surface area (Å²) in [6, 6.07) is 1.93. The normalized spacial score (nSPS) is 10.3. The molecule has 0 spiro atoms. The summed E-state index contributed by atoms with van der Waals surface area (Å²) in [4.78, 5) is 0. The van der Waals surface area contributed by atoms with Crippen molar-refractivity contribution in [2.45, 2.75) is 13.8 Å². The van der Waals surface area contributed by atoms with Crippen LogP contribution in [0.2, 0.25) is 0 Å². The van der Waals surface area contributed by atoms with Gasteiger partial charge >= 0.3 is 0 Å². The standard InChI is InChI=1S/C8H6F3/c1-4-3-6(9)8(11)5(2)7(4)10/h1-2H3. The molecule has 0 fully saturated rings. The molecule has 0 saturated carbocycles. The first-order valence-electron chi connectivity index (χ1n) is 3.07. The average Bonchev–Trinajstić information content (AvgIpc) is 1.97. The van der Waals surface area contributed by atoms with Crippen LogP contribution in [0.4, 0.5) is 13.2 Å². The van der Waals surface area contributed by atoms with Crippen LogP contribution in [-0.4, -0.2) is 0 Å². The molecule has 0 aromatic heterocycles. The Morgan fingerprint density at radius 1 is 1.00 bits per heavy atom. The minimum atomic E-state index is -1.16. The van der Waals surface area contributed by atoms with E-state index in [4.69, 9.17) is 0 Å². The predicted molar refractivity (Wildman–Crippen MR) is 34.6 cm³/mol. The summed E-state index contributed by atoms with van der Waals surface area (Å²) in [5.41, 5.74) is -0.292. The molecule has 1 radical (unpaired) electrons. The molecule has 0 amide bonds. The van der Waals surface area contributed by atoms with Gasteiger partial charge in [0.1, 0.15) is 5.82 Å². The van der Waals surface area contributed by atoms with Gasteiger partial charge in [0.15, 0.2) is 11.6 Å². The molecule has 0 aliphatic carbocycles. The number of aryl methyl sites for hydroxylation is 1. The Morgan fingerprint density at radius 3 is 2.09 bits per heavy atom. The second-order valence-corrected chi connectivity index (χ2v) is 2.32. The molecule has 0 bridgehead atoms. The Morgan fingerprint density at radius 2 is 1.55 bits per heavy atom. The van der Waals surface area contributed by atoms with Gasteiger partial charge < -0.3 is 0 Å². The first kappa shape index (κ1) is 8.11. The lowest BCUT2D eigenvalue weighted by atomic mass is 10.1. The number of hydrogen-bond acceptors (Lipinski definition) is 0. The van der Waals surface area contributed by atoms with Crippen molar-refractivity contribution in [1.29, 1.82) is 0 Å². The van der Waals surface area contributed by atoms with E-state index >= 15 is 0 Å². The molecule has 0 nitrogen and oxygen atoms in total. The number of hydrogen-bond donors (Lipinski definition) is 0. The molecular weight excluding hydrogens is 153 g/mol. The molecule has 11 heavy (non-hydrogen) atoms. The third-order valence-electron chi connectivity index (χ3n) is 1.48. The maximum absolute atomic E-state index is 12.7. The lowest BCUT2D eigenvalue weighted by molar-refractivity contribution is 0.481. The molecular formula is C8H6F3. The maximum Gasteiger partial charge on any atom is 0.167 e. The van der Waals surface area contributed by atoms with Crippen molar-refractivity contribution in [3.8, 4) is 0 Å². The number of halogens is 3. The van der Waals surface area contributed by atoms with Crippen LogP contribution in [-0.2, 0) is 0 Å². The highest BCUT2D eigenvalue weighted by Gasteiger charge is 2.12. The fraction of sp³-hybridized carbons (Fsp3) is 0.250. The van der Waals surface area contributed by atoms with Crippen molar-refractivity contribution < 1.29 is 13.2 Å². The summed E-state index contributed by atoms with van der Waals surface area (Å²) in [7, 11) is 0. The van der Waals surface area contributed by atoms with Crippen LogP contribution in [0.15, 0.2) is 0 Å². The number of benzene rings is 1. The quantitative estimate of drug-likeness (QED) is 0.510. The maximum atomic E-state index is 12.7. The highest BCUT2D eigenvalue weighted by molar-refractivity contribution is 5.25. The van der Waals surface area contributed by atoms with Gasteiger partial charge in [-0.25, -0.2) is 13.2 Å². The average molecular weight is 159 g/mol. The van der Waals surface area contributed by atoms with E-state index in [2.05, 4.69) is 0 Å². The second kappa shape index (κ2) is 2.57. The Bertz CT molecular complexity index is 266. The molecule has 0 aliphatic heterocycles. The van der Waals surface area contributed by atoms with Crippen molar-refractivity contribution in [1.82, 2.24) is 0 Å². The molecule has 0 saturated heterocycles. The molecule has 59 valence electrons. The van der Waals surface area contributed by atoms with Crippen molar-refractivity contribution in [3.63, 3.8) is 0 Å². The van der Waals surface area contributed by atoms with E-state index in [9.17, 15) is 13.2 Å². The lowest BCUT2D eigenvalue weighted by Gasteiger charge is -2.01. The second-order valence-electron chi connectivity index (χ2n) is 2.32. The van der Waals surface area contributed by atoms with Gasteiger partial charge in [0.05, 0.1) is 0 Å². The summed E-state index contributed by atoms with van der Waals surface area (Å²) in [5, 5.41) is 0. The van der Waals surface area contributed by atoms with Gasteiger partial charge in [-0.2, -0.15) is 0 Å². The first-order chi connectivity index (χ1) is 5.04. The summed E-state index contributed by atoms with van der Waals surface area (Å²) in [6.45, 7) is 2.53. The van der Waals surface area contributed by atoms with Crippen LogP contribution in [0.1, 0.15) is 11.1 Å². The minimum Gasteiger partial charge on any atom is -0.206 e. The highest BCUT2D eigenvalue weighted by atomic mass is 19.2. The molecule has 0 atom stereocenters. The lowest BCUT2D eigenvalue weighted by Crippen LogP contribution is -1.96. The van der Waals surface area contributed by atoms with E-state index in [0.29, 0.717) is 0 Å². The Balaban J connectivity index is 3.46. The SMILES string of the molecule is Cc1[c]c(F)c(F)c(C)c1F. The Hall–Kier alpha value is -0.990. The van der Waals surface area contributed by atoms with Gasteiger partial charge in [0, 0.05) is 11.6 Å². The van der Waals surface area contributed by atoms with E-state index in [0.717, 1.165) is 0 Å². The minimum absolute atomic E-state index is 0.00130. The molecule has 0 N–H and O–H groups in total. The molecule has 3 heteroatoms. The van der Waals surface area contributed by atoms with E-state index in [-0.39, 0.29) is 11.1 Å². The molecule has 0 unspecified atom stereocenters. The largest absolute Gasteiger partial charge is 0.206 e. The van der Waals surface area contributed by atoms with Gasteiger partial charge in [-0.15, -0.1) is 0 Å². The first-order valence-corrected chi connectivity index (χ1v) is 3.07. The van der Waals surface area contributed by atoms with Gasteiger partial charge in [-0.05, 0) is 19.4 Å². The molecule has 1 aromatic carbocycles. The zero-order valence-electron chi connectivity index (χ0n) is 6.13. The van der Waals surface area contributed by atoms with Crippen LogP contribution in [0.25, 0.3) is 0 Å². The third kappa shape index (κ3) is 1.23. The fourth-order valence-corrected chi connectivity index (χ4v) is 0.817. The highest BCUT2D eigenvalue weighted by Crippen LogP contribution is 2.17. The molecule has 0 heterocycles. The predicted octanol–water partition coefficient (Wildman–Crippen LogP) is 2.52. The smallest absolute Gasteiger partial charge is 0.167 e. The molecule has 0 aliphatic rings. The number of rotatable bonds is 0. The van der Waals surface area contributed by atoms with Crippen molar-refractivity contribution >= 4 is 0 Å². The topological polar surface area (TPSA) is 0 Å². The van der Waals surface area contributed by atoms with Gasteiger partial charge in [0.2, 0.25) is 0 Å². The van der Waals surface area contributed by atoms with Gasteiger partial charge in [-0.1, -0.05) is 0 Å². The Kier molecular flexibility index (Phi) is 1.89. The van der Waals surface area contributed by atoms with E-state index in [1.54, 1.807) is 0 Å². The summed E-state index contributed by atoms with van der Waals surface area (Å²) < 4.78 is 37.7. The van der Waals surface area contributed by atoms with E-state index < -0.39 is 17.5 Å². The summed E-state index contributed by atoms with van der Waals surface area (Å²) in [6.07, 6.45) is 0. The van der Waals surface area contributed by atoms with Crippen LogP contribution in [0.3, 0.4) is 0 Å². The van der Waals surface area contributed by atoms with Crippen molar-refractivity contribution in [2.75, 3.05) is 0 Å². The zero-order chi connectivity index (χ0) is 8.59. The van der Waals surface area contributed by atoms with Gasteiger partial charge in [0.25, 0.3) is 0 Å². The van der Waals surface area contributed by atoms with E-state index in [1.165, 1.54) is 13.8 Å². The van der Waals surface area contributed by atoms with Crippen molar-refractivity contribution in [3.05, 3.63) is 34.6 Å². The molecule has 1 rings (SSSR count). The van der Waals surface area contributed by atoms with Gasteiger partial charge in [-0.3, -0.25) is 0 Å². The van der Waals surface area contributed by atoms with Crippen LogP contribution < -0.4 is 0 Å². The third-order valence-corrected chi connectivity index (χ3v) is 1.48. The summed E-state index contributed by atoms with van der Waals surface area (Å²) in [5.74, 6) is -3.02. The summed E-state index contributed by atoms with van der Waals surface area (Å²) >= 11 is 0. The Labute approximate surface area is 62.7 Å². The monoisotopic (exact) mass is 159 g/mol.